The standard InChI is InChI=1S/C23H25F3N4OS/c1-15-3-4-19(31-2)16(7-15)10-29-11-22(12-29)5-6-30(13-22)20-18-8-17(9-23(24,25)26)32-21(18)28-14-27-20/h3-4,7-8,14H,5-6,9-13H2,1-2H3. The summed E-state index contributed by atoms with van der Waals surface area (Å²) in [4.78, 5) is 14.2. The molecule has 5 nitrogen and oxygen atoms in total. The fourth-order valence-corrected chi connectivity index (χ4v) is 6.11. The van der Waals surface area contributed by atoms with Gasteiger partial charge < -0.3 is 9.64 Å². The molecule has 5 rings (SSSR count). The average Bonchev–Trinajstić information content (AvgIpc) is 3.30. The van der Waals surface area contributed by atoms with Crippen LogP contribution in [0, 0.1) is 12.3 Å². The fraction of sp³-hybridized carbons (Fsp3) is 0.478. The zero-order valence-electron chi connectivity index (χ0n) is 18.1. The van der Waals surface area contributed by atoms with Crippen molar-refractivity contribution in [3.05, 3.63) is 46.6 Å². The van der Waals surface area contributed by atoms with E-state index in [1.54, 1.807) is 13.2 Å². The van der Waals surface area contributed by atoms with Crippen LogP contribution in [0.5, 0.6) is 5.75 Å². The molecule has 0 unspecified atom stereocenters. The molecule has 2 saturated heterocycles. The van der Waals surface area contributed by atoms with E-state index < -0.39 is 12.6 Å². The molecule has 2 aromatic heterocycles. The lowest BCUT2D eigenvalue weighted by molar-refractivity contribution is -0.126. The molecule has 0 radical (unpaired) electrons. The summed E-state index contributed by atoms with van der Waals surface area (Å²) >= 11 is 1.11. The Bertz CT molecular complexity index is 1140. The first-order chi connectivity index (χ1) is 15.2. The smallest absolute Gasteiger partial charge is 0.393 e. The zero-order valence-corrected chi connectivity index (χ0v) is 18.9. The predicted molar refractivity (Wildman–Crippen MR) is 119 cm³/mol. The Morgan fingerprint density at radius 1 is 1.16 bits per heavy atom. The summed E-state index contributed by atoms with van der Waals surface area (Å²) in [5, 5.41) is 0.731. The Morgan fingerprint density at radius 2 is 1.97 bits per heavy atom. The summed E-state index contributed by atoms with van der Waals surface area (Å²) in [7, 11) is 1.70. The average molecular weight is 463 g/mol. The number of alkyl halides is 3. The van der Waals surface area contributed by atoms with Crippen molar-refractivity contribution >= 4 is 27.4 Å². The number of nitrogens with zero attached hydrogens (tertiary/aromatic N) is 4. The summed E-state index contributed by atoms with van der Waals surface area (Å²) < 4.78 is 44.0. The first kappa shape index (κ1) is 21.5. The van der Waals surface area contributed by atoms with E-state index in [1.165, 1.54) is 17.5 Å². The molecule has 0 amide bonds. The molecular formula is C23H25F3N4OS. The van der Waals surface area contributed by atoms with E-state index in [9.17, 15) is 13.2 Å². The van der Waals surface area contributed by atoms with E-state index >= 15 is 0 Å². The lowest BCUT2D eigenvalue weighted by Gasteiger charge is -2.48. The van der Waals surface area contributed by atoms with Crippen LogP contribution in [0.3, 0.4) is 0 Å². The van der Waals surface area contributed by atoms with Crippen molar-refractivity contribution in [3.8, 4) is 5.75 Å². The largest absolute Gasteiger partial charge is 0.496 e. The van der Waals surface area contributed by atoms with Gasteiger partial charge in [0.05, 0.1) is 18.9 Å². The fourth-order valence-electron chi connectivity index (χ4n) is 5.09. The number of fused-ring (bicyclic) bond motifs is 1. The third kappa shape index (κ3) is 4.15. The first-order valence-electron chi connectivity index (χ1n) is 10.6. The minimum absolute atomic E-state index is 0.207. The minimum atomic E-state index is -4.22. The molecule has 0 bridgehead atoms. The van der Waals surface area contributed by atoms with Gasteiger partial charge in [-0.3, -0.25) is 4.90 Å². The number of halogens is 3. The minimum Gasteiger partial charge on any atom is -0.496 e. The third-order valence-electron chi connectivity index (χ3n) is 6.42. The Kier molecular flexibility index (Phi) is 5.28. The number of likely N-dealkylation sites (tertiary alicyclic amines) is 1. The maximum atomic E-state index is 12.8. The number of hydrogen-bond acceptors (Lipinski definition) is 6. The highest BCUT2D eigenvalue weighted by atomic mass is 32.1. The van der Waals surface area contributed by atoms with Crippen LogP contribution in [0.25, 0.3) is 10.2 Å². The summed E-state index contributed by atoms with van der Waals surface area (Å²) in [6.07, 6.45) is -2.62. The van der Waals surface area contributed by atoms with Gasteiger partial charge in [0.25, 0.3) is 0 Å². The van der Waals surface area contributed by atoms with Crippen molar-refractivity contribution in [3.63, 3.8) is 0 Å². The van der Waals surface area contributed by atoms with E-state index in [1.807, 2.05) is 6.07 Å². The van der Waals surface area contributed by atoms with Gasteiger partial charge in [-0.1, -0.05) is 17.7 Å². The van der Waals surface area contributed by atoms with Crippen molar-refractivity contribution in [1.29, 1.82) is 0 Å². The van der Waals surface area contributed by atoms with Crippen LogP contribution in [-0.4, -0.2) is 54.3 Å². The molecule has 0 N–H and O–H groups in total. The Morgan fingerprint density at radius 3 is 2.72 bits per heavy atom. The Hall–Kier alpha value is -2.39. The lowest BCUT2D eigenvalue weighted by Crippen LogP contribution is -2.56. The maximum Gasteiger partial charge on any atom is 0.393 e. The van der Waals surface area contributed by atoms with Gasteiger partial charge in [0.1, 0.15) is 22.7 Å². The number of thiophene rings is 1. The predicted octanol–water partition coefficient (Wildman–Crippen LogP) is 4.83. The van der Waals surface area contributed by atoms with Gasteiger partial charge in [0, 0.05) is 48.6 Å². The Balaban J connectivity index is 1.28. The lowest BCUT2D eigenvalue weighted by atomic mass is 9.79. The van der Waals surface area contributed by atoms with E-state index in [-0.39, 0.29) is 10.3 Å². The third-order valence-corrected chi connectivity index (χ3v) is 7.46. The second kappa shape index (κ2) is 7.88. The molecule has 2 fully saturated rings. The van der Waals surface area contributed by atoms with Crippen molar-refractivity contribution in [2.75, 3.05) is 38.2 Å². The first-order valence-corrected chi connectivity index (χ1v) is 11.5. The molecule has 1 aromatic carbocycles. The number of methoxy groups -OCH3 is 1. The van der Waals surface area contributed by atoms with E-state index in [2.05, 4.69) is 38.8 Å². The van der Waals surface area contributed by atoms with Crippen LogP contribution in [0.15, 0.2) is 30.6 Å². The van der Waals surface area contributed by atoms with E-state index in [0.29, 0.717) is 4.83 Å². The molecule has 2 aliphatic heterocycles. The number of rotatable bonds is 5. The van der Waals surface area contributed by atoms with Crippen molar-refractivity contribution < 1.29 is 17.9 Å². The maximum absolute atomic E-state index is 12.8. The van der Waals surface area contributed by atoms with Crippen molar-refractivity contribution in [2.45, 2.75) is 32.5 Å². The normalized spacial score (nSPS) is 18.5. The van der Waals surface area contributed by atoms with Gasteiger partial charge in [0.15, 0.2) is 0 Å². The summed E-state index contributed by atoms with van der Waals surface area (Å²) in [6.45, 7) is 6.66. The number of ether oxygens (including phenoxy) is 1. The van der Waals surface area contributed by atoms with Crippen molar-refractivity contribution in [2.24, 2.45) is 5.41 Å². The highest BCUT2D eigenvalue weighted by Crippen LogP contribution is 2.43. The molecule has 0 saturated carbocycles. The van der Waals surface area contributed by atoms with Crippen molar-refractivity contribution in [1.82, 2.24) is 14.9 Å². The van der Waals surface area contributed by atoms with Gasteiger partial charge in [-0.05, 0) is 25.5 Å². The van der Waals surface area contributed by atoms with Crippen LogP contribution in [-0.2, 0) is 13.0 Å². The van der Waals surface area contributed by atoms with E-state index in [4.69, 9.17) is 4.74 Å². The van der Waals surface area contributed by atoms with Crippen LogP contribution >= 0.6 is 11.3 Å². The van der Waals surface area contributed by atoms with Gasteiger partial charge in [-0.25, -0.2) is 9.97 Å². The number of benzene rings is 1. The quantitative estimate of drug-likeness (QED) is 0.544. The molecule has 4 heterocycles. The zero-order chi connectivity index (χ0) is 22.5. The van der Waals surface area contributed by atoms with Gasteiger partial charge in [-0.2, -0.15) is 13.2 Å². The second-order valence-electron chi connectivity index (χ2n) is 9.05. The molecule has 9 heteroatoms. The van der Waals surface area contributed by atoms with Gasteiger partial charge in [-0.15, -0.1) is 11.3 Å². The topological polar surface area (TPSA) is 41.5 Å². The van der Waals surface area contributed by atoms with Crippen LogP contribution < -0.4 is 9.64 Å². The van der Waals surface area contributed by atoms with Crippen LogP contribution in [0.4, 0.5) is 19.0 Å². The Labute approximate surface area is 188 Å². The SMILES string of the molecule is COc1ccc(C)cc1CN1CC2(CCN(c3ncnc4sc(CC(F)(F)F)cc34)C2)C1. The summed E-state index contributed by atoms with van der Waals surface area (Å²) in [5.41, 5.74) is 2.63. The number of aromatic nitrogens is 2. The number of hydrogen-bond donors (Lipinski definition) is 0. The van der Waals surface area contributed by atoms with Crippen LogP contribution in [0.2, 0.25) is 0 Å². The summed E-state index contributed by atoms with van der Waals surface area (Å²) in [5.74, 6) is 1.68. The number of anilines is 1. The molecule has 0 aliphatic carbocycles. The van der Waals surface area contributed by atoms with E-state index in [0.717, 1.165) is 67.4 Å². The molecular weight excluding hydrogens is 437 g/mol. The molecule has 1 spiro atoms. The van der Waals surface area contributed by atoms with Crippen LogP contribution in [0.1, 0.15) is 22.4 Å². The monoisotopic (exact) mass is 462 g/mol. The molecule has 0 atom stereocenters. The molecule has 3 aromatic rings. The molecule has 2 aliphatic rings. The highest BCUT2D eigenvalue weighted by molar-refractivity contribution is 7.18. The second-order valence-corrected chi connectivity index (χ2v) is 10.2. The summed E-state index contributed by atoms with van der Waals surface area (Å²) in [6, 6.07) is 7.87. The van der Waals surface area contributed by atoms with Gasteiger partial charge >= 0.3 is 6.18 Å². The van der Waals surface area contributed by atoms with Gasteiger partial charge in [0.2, 0.25) is 0 Å². The number of aryl methyl sites for hydroxylation is 1. The molecule has 170 valence electrons. The molecule has 32 heavy (non-hydrogen) atoms. The highest BCUT2D eigenvalue weighted by Gasteiger charge is 2.48.